The Hall–Kier alpha value is -1.49. The predicted molar refractivity (Wildman–Crippen MR) is 58.7 cm³/mol. The Morgan fingerprint density at radius 3 is 2.31 bits per heavy atom. The lowest BCUT2D eigenvalue weighted by atomic mass is 10.1. The van der Waals surface area contributed by atoms with Crippen molar-refractivity contribution in [1.29, 1.82) is 0 Å². The largest absolute Gasteiger partial charge is 0.478 e. The number of nitrogens with zero attached hydrogens (tertiary/aromatic N) is 2. The molecule has 0 amide bonds. The van der Waals surface area contributed by atoms with Gasteiger partial charge >= 0.3 is 5.97 Å². The molecule has 1 N–H and O–H groups in total. The molecule has 0 aromatic carbocycles. The molecule has 1 rings (SSSR count). The maximum atomic E-state index is 10.9. The summed E-state index contributed by atoms with van der Waals surface area (Å²) >= 11 is 0. The van der Waals surface area contributed by atoms with Gasteiger partial charge in [-0.15, -0.1) is 0 Å². The molecule has 5 nitrogen and oxygen atoms in total. The molecule has 0 unspecified atom stereocenters. The number of methoxy groups -OCH3 is 1. The summed E-state index contributed by atoms with van der Waals surface area (Å²) < 4.78 is 4.94. The Balaban J connectivity index is 2.87. The lowest BCUT2D eigenvalue weighted by Crippen LogP contribution is -2.10. The Morgan fingerprint density at radius 2 is 1.88 bits per heavy atom. The minimum absolute atomic E-state index is 0.204. The van der Waals surface area contributed by atoms with Crippen LogP contribution < -0.4 is 0 Å². The second kappa shape index (κ2) is 5.55. The first-order valence-corrected chi connectivity index (χ1v) is 5.12. The summed E-state index contributed by atoms with van der Waals surface area (Å²) in [7, 11) is 1.64. The van der Waals surface area contributed by atoms with Gasteiger partial charge in [0.2, 0.25) is 0 Å². The van der Waals surface area contributed by atoms with Crippen LogP contribution in [0, 0.1) is 13.8 Å². The molecule has 0 saturated heterocycles. The van der Waals surface area contributed by atoms with Crippen molar-refractivity contribution < 1.29 is 14.6 Å². The highest BCUT2D eigenvalue weighted by Gasteiger charge is 2.14. The van der Waals surface area contributed by atoms with E-state index in [-0.39, 0.29) is 5.56 Å². The minimum atomic E-state index is -0.974. The summed E-state index contributed by atoms with van der Waals surface area (Å²) in [6.07, 6.45) is 1.54. The fourth-order valence-electron chi connectivity index (χ4n) is 1.58. The molecule has 0 aliphatic carbocycles. The van der Waals surface area contributed by atoms with Gasteiger partial charge < -0.3 is 9.84 Å². The average molecular weight is 224 g/mol. The van der Waals surface area contributed by atoms with E-state index in [1.807, 2.05) is 0 Å². The van der Waals surface area contributed by atoms with E-state index < -0.39 is 5.97 Å². The second-order valence-electron chi connectivity index (χ2n) is 3.59. The molecule has 1 aromatic rings. The molecule has 1 aromatic heterocycles. The highest BCUT2D eigenvalue weighted by atomic mass is 16.5. The van der Waals surface area contributed by atoms with E-state index in [9.17, 15) is 4.79 Å². The van der Waals surface area contributed by atoms with Gasteiger partial charge in [-0.05, 0) is 20.3 Å². The number of aromatic carboxylic acids is 1. The van der Waals surface area contributed by atoms with Crippen molar-refractivity contribution in [2.75, 3.05) is 13.7 Å². The normalized spacial score (nSPS) is 10.4. The van der Waals surface area contributed by atoms with Crippen molar-refractivity contribution in [2.24, 2.45) is 0 Å². The zero-order chi connectivity index (χ0) is 12.1. The number of carboxylic acid groups (broad SMARTS) is 1. The smallest absolute Gasteiger partial charge is 0.339 e. The Bertz CT molecular complexity index is 368. The predicted octanol–water partition coefficient (Wildman–Crippen LogP) is 1.37. The highest BCUT2D eigenvalue weighted by Crippen LogP contribution is 2.10. The fourth-order valence-corrected chi connectivity index (χ4v) is 1.58. The molecule has 5 heteroatoms. The fraction of sp³-hybridized carbons (Fsp3) is 0.545. The van der Waals surface area contributed by atoms with Gasteiger partial charge in [-0.25, -0.2) is 14.8 Å². The van der Waals surface area contributed by atoms with Crippen LogP contribution >= 0.6 is 0 Å². The zero-order valence-corrected chi connectivity index (χ0v) is 9.78. The van der Waals surface area contributed by atoms with Gasteiger partial charge in [0.1, 0.15) is 11.4 Å². The monoisotopic (exact) mass is 224 g/mol. The lowest BCUT2D eigenvalue weighted by molar-refractivity contribution is 0.0694. The lowest BCUT2D eigenvalue weighted by Gasteiger charge is -2.07. The van der Waals surface area contributed by atoms with Crippen LogP contribution in [0.15, 0.2) is 0 Å². The number of hydrogen-bond donors (Lipinski definition) is 1. The summed E-state index contributed by atoms with van der Waals surface area (Å²) in [5, 5.41) is 8.95. The van der Waals surface area contributed by atoms with E-state index in [0.29, 0.717) is 30.2 Å². The third-order valence-electron chi connectivity index (χ3n) is 2.28. The van der Waals surface area contributed by atoms with Gasteiger partial charge in [-0.1, -0.05) is 0 Å². The molecular formula is C11H16N2O3. The quantitative estimate of drug-likeness (QED) is 0.765. The third-order valence-corrected chi connectivity index (χ3v) is 2.28. The van der Waals surface area contributed by atoms with Crippen LogP contribution in [-0.2, 0) is 11.2 Å². The van der Waals surface area contributed by atoms with E-state index in [4.69, 9.17) is 9.84 Å². The van der Waals surface area contributed by atoms with Crippen LogP contribution in [0.5, 0.6) is 0 Å². The first kappa shape index (κ1) is 12.6. The highest BCUT2D eigenvalue weighted by molar-refractivity contribution is 5.89. The van der Waals surface area contributed by atoms with Crippen molar-refractivity contribution in [2.45, 2.75) is 26.7 Å². The van der Waals surface area contributed by atoms with Crippen LogP contribution in [0.2, 0.25) is 0 Å². The van der Waals surface area contributed by atoms with Crippen molar-refractivity contribution in [1.82, 2.24) is 9.97 Å². The van der Waals surface area contributed by atoms with Gasteiger partial charge in [0.15, 0.2) is 0 Å². The Kier molecular flexibility index (Phi) is 4.37. The molecule has 0 aliphatic heterocycles. The van der Waals surface area contributed by atoms with Gasteiger partial charge in [0.25, 0.3) is 0 Å². The minimum Gasteiger partial charge on any atom is -0.478 e. The molecule has 88 valence electrons. The second-order valence-corrected chi connectivity index (χ2v) is 3.59. The number of aromatic nitrogens is 2. The molecule has 0 bridgehead atoms. The van der Waals surface area contributed by atoms with Crippen molar-refractivity contribution in [3.05, 3.63) is 22.8 Å². The first-order chi connectivity index (χ1) is 7.56. The molecule has 0 aliphatic rings. The molecule has 0 fully saturated rings. The summed E-state index contributed by atoms with van der Waals surface area (Å²) in [5.41, 5.74) is 1.25. The number of carboxylic acids is 1. The molecule has 0 atom stereocenters. The molecule has 0 radical (unpaired) electrons. The topological polar surface area (TPSA) is 72.3 Å². The summed E-state index contributed by atoms with van der Waals surface area (Å²) in [6.45, 7) is 4.04. The van der Waals surface area contributed by atoms with Crippen LogP contribution in [0.3, 0.4) is 0 Å². The Morgan fingerprint density at radius 1 is 1.31 bits per heavy atom. The van der Waals surface area contributed by atoms with E-state index in [1.165, 1.54) is 0 Å². The molecule has 16 heavy (non-hydrogen) atoms. The van der Waals surface area contributed by atoms with Gasteiger partial charge in [-0.2, -0.15) is 0 Å². The number of aryl methyl sites for hydroxylation is 3. The third kappa shape index (κ3) is 3.00. The molecular weight excluding hydrogens is 208 g/mol. The number of ether oxygens (including phenoxy) is 1. The van der Waals surface area contributed by atoms with Crippen LogP contribution in [-0.4, -0.2) is 34.8 Å². The SMILES string of the molecule is COCCCc1nc(C)c(C(=O)O)c(C)n1. The first-order valence-electron chi connectivity index (χ1n) is 5.12. The van der Waals surface area contributed by atoms with Gasteiger partial charge in [-0.3, -0.25) is 0 Å². The van der Waals surface area contributed by atoms with Gasteiger partial charge in [0.05, 0.1) is 11.4 Å². The van der Waals surface area contributed by atoms with Gasteiger partial charge in [0, 0.05) is 20.1 Å². The molecule has 0 spiro atoms. The standard InChI is InChI=1S/C11H16N2O3/c1-7-10(11(14)15)8(2)13-9(12-7)5-4-6-16-3/h4-6H2,1-3H3,(H,14,15). The van der Waals surface area contributed by atoms with Crippen LogP contribution in [0.4, 0.5) is 0 Å². The molecule has 0 saturated carbocycles. The van der Waals surface area contributed by atoms with E-state index in [0.717, 1.165) is 6.42 Å². The number of rotatable bonds is 5. The van der Waals surface area contributed by atoms with E-state index >= 15 is 0 Å². The van der Waals surface area contributed by atoms with E-state index in [1.54, 1.807) is 21.0 Å². The summed E-state index contributed by atoms with van der Waals surface area (Å²) in [5.74, 6) is -0.296. The van der Waals surface area contributed by atoms with Crippen molar-refractivity contribution in [3.63, 3.8) is 0 Å². The van der Waals surface area contributed by atoms with Crippen molar-refractivity contribution in [3.8, 4) is 0 Å². The zero-order valence-electron chi connectivity index (χ0n) is 9.78. The van der Waals surface area contributed by atoms with E-state index in [2.05, 4.69) is 9.97 Å². The average Bonchev–Trinajstić information content (AvgIpc) is 2.16. The van der Waals surface area contributed by atoms with Crippen molar-refractivity contribution >= 4 is 5.97 Å². The number of hydrogen-bond acceptors (Lipinski definition) is 4. The van der Waals surface area contributed by atoms with Crippen LogP contribution in [0.1, 0.15) is 34.0 Å². The van der Waals surface area contributed by atoms with Crippen LogP contribution in [0.25, 0.3) is 0 Å². The Labute approximate surface area is 94.5 Å². The number of carbonyl (C=O) groups is 1. The summed E-state index contributed by atoms with van der Waals surface area (Å²) in [6, 6.07) is 0. The summed E-state index contributed by atoms with van der Waals surface area (Å²) in [4.78, 5) is 19.3. The maximum Gasteiger partial charge on any atom is 0.339 e. The maximum absolute atomic E-state index is 10.9. The molecule has 1 heterocycles.